The molecule has 13 heavy (non-hydrogen) atoms. The van der Waals surface area contributed by atoms with Crippen LogP contribution in [0.4, 0.5) is 11.6 Å². The smallest absolute Gasteiger partial charge is 0.255 e. The predicted octanol–water partition coefficient (Wildman–Crippen LogP) is -0.181. The van der Waals surface area contributed by atoms with E-state index in [0.29, 0.717) is 30.3 Å². The van der Waals surface area contributed by atoms with E-state index in [1.54, 1.807) is 12.1 Å². The number of nitrogens with zero attached hydrogens (tertiary/aromatic N) is 1. The standard InChI is InChI=1S/C8H10N4O/c9-6-2-1-5-7(12-6)10-3-4-11-8(5)13/h1-2H,3-4H2,(H,11,13)(H3,9,10,12). The van der Waals surface area contributed by atoms with E-state index in [9.17, 15) is 4.79 Å². The lowest BCUT2D eigenvalue weighted by Gasteiger charge is -2.04. The highest BCUT2D eigenvalue weighted by molar-refractivity contribution is 5.99. The van der Waals surface area contributed by atoms with Crippen LogP contribution in [0.25, 0.3) is 0 Å². The number of fused-ring (bicyclic) bond motifs is 1. The van der Waals surface area contributed by atoms with Crippen molar-refractivity contribution >= 4 is 17.5 Å². The van der Waals surface area contributed by atoms with Crippen molar-refractivity contribution in [3.63, 3.8) is 0 Å². The Labute approximate surface area is 75.3 Å². The van der Waals surface area contributed by atoms with Crippen molar-refractivity contribution in [1.29, 1.82) is 0 Å². The van der Waals surface area contributed by atoms with Gasteiger partial charge in [0.15, 0.2) is 0 Å². The molecule has 1 aliphatic rings. The molecule has 5 nitrogen and oxygen atoms in total. The number of pyridine rings is 1. The van der Waals surface area contributed by atoms with Crippen LogP contribution in [-0.2, 0) is 0 Å². The molecular weight excluding hydrogens is 168 g/mol. The van der Waals surface area contributed by atoms with Crippen molar-refractivity contribution in [3.05, 3.63) is 17.7 Å². The first kappa shape index (κ1) is 7.85. The lowest BCUT2D eigenvalue weighted by atomic mass is 10.2. The number of carbonyl (C=O) groups is 1. The van der Waals surface area contributed by atoms with Gasteiger partial charge in [-0.1, -0.05) is 0 Å². The Morgan fingerprint density at radius 2 is 2.08 bits per heavy atom. The Balaban J connectivity index is 2.48. The molecule has 1 aromatic heterocycles. The summed E-state index contributed by atoms with van der Waals surface area (Å²) < 4.78 is 0. The van der Waals surface area contributed by atoms with Crippen molar-refractivity contribution in [1.82, 2.24) is 10.3 Å². The molecule has 1 amide bonds. The molecule has 0 spiro atoms. The van der Waals surface area contributed by atoms with Crippen molar-refractivity contribution in [2.24, 2.45) is 0 Å². The SMILES string of the molecule is Nc1ccc2c(n1)NCCNC2=O. The third kappa shape index (κ3) is 1.40. The minimum atomic E-state index is -0.104. The van der Waals surface area contributed by atoms with Crippen LogP contribution in [-0.4, -0.2) is 24.0 Å². The second-order valence-corrected chi connectivity index (χ2v) is 2.81. The van der Waals surface area contributed by atoms with Gasteiger partial charge in [-0.2, -0.15) is 0 Å². The van der Waals surface area contributed by atoms with E-state index >= 15 is 0 Å². The topological polar surface area (TPSA) is 80.0 Å². The van der Waals surface area contributed by atoms with E-state index in [4.69, 9.17) is 5.73 Å². The van der Waals surface area contributed by atoms with Gasteiger partial charge in [-0.15, -0.1) is 0 Å². The number of hydrogen-bond donors (Lipinski definition) is 3. The molecule has 0 atom stereocenters. The second kappa shape index (κ2) is 2.93. The number of aromatic nitrogens is 1. The molecule has 0 aromatic carbocycles. The maximum Gasteiger partial charge on any atom is 0.255 e. The predicted molar refractivity (Wildman–Crippen MR) is 49.5 cm³/mol. The Hall–Kier alpha value is -1.78. The fraction of sp³-hybridized carbons (Fsp3) is 0.250. The zero-order valence-corrected chi connectivity index (χ0v) is 7.00. The number of amides is 1. The average molecular weight is 178 g/mol. The molecule has 68 valence electrons. The van der Waals surface area contributed by atoms with E-state index in [2.05, 4.69) is 15.6 Å². The third-order valence-electron chi connectivity index (χ3n) is 1.86. The molecule has 0 saturated heterocycles. The first-order valence-electron chi connectivity index (χ1n) is 4.06. The molecule has 0 bridgehead atoms. The van der Waals surface area contributed by atoms with E-state index < -0.39 is 0 Å². The highest BCUT2D eigenvalue weighted by atomic mass is 16.1. The number of carbonyl (C=O) groups excluding carboxylic acids is 1. The van der Waals surface area contributed by atoms with Crippen LogP contribution in [0, 0.1) is 0 Å². The van der Waals surface area contributed by atoms with Gasteiger partial charge in [-0.3, -0.25) is 4.79 Å². The summed E-state index contributed by atoms with van der Waals surface area (Å²) in [6, 6.07) is 3.29. The zero-order valence-electron chi connectivity index (χ0n) is 7.00. The van der Waals surface area contributed by atoms with Gasteiger partial charge in [0.2, 0.25) is 0 Å². The quantitative estimate of drug-likeness (QED) is 0.514. The molecule has 0 aliphatic carbocycles. The molecule has 0 radical (unpaired) electrons. The summed E-state index contributed by atoms with van der Waals surface area (Å²) in [7, 11) is 0. The molecule has 0 saturated carbocycles. The van der Waals surface area contributed by atoms with Crippen LogP contribution in [0.5, 0.6) is 0 Å². The average Bonchev–Trinajstić information content (AvgIpc) is 2.28. The summed E-state index contributed by atoms with van der Waals surface area (Å²) in [5.41, 5.74) is 6.04. The van der Waals surface area contributed by atoms with Gasteiger partial charge in [0.05, 0.1) is 5.56 Å². The molecule has 2 rings (SSSR count). The number of anilines is 2. The van der Waals surface area contributed by atoms with Crippen molar-refractivity contribution in [2.45, 2.75) is 0 Å². The van der Waals surface area contributed by atoms with Crippen molar-refractivity contribution in [3.8, 4) is 0 Å². The van der Waals surface area contributed by atoms with Crippen LogP contribution in [0.1, 0.15) is 10.4 Å². The fourth-order valence-corrected chi connectivity index (χ4v) is 1.24. The van der Waals surface area contributed by atoms with Gasteiger partial charge in [-0.25, -0.2) is 4.98 Å². The molecule has 4 N–H and O–H groups in total. The van der Waals surface area contributed by atoms with E-state index in [1.807, 2.05) is 0 Å². The summed E-state index contributed by atoms with van der Waals surface area (Å²) in [5, 5.41) is 5.76. The number of rotatable bonds is 0. The second-order valence-electron chi connectivity index (χ2n) is 2.81. The highest BCUT2D eigenvalue weighted by Crippen LogP contribution is 2.15. The van der Waals surface area contributed by atoms with Crippen molar-refractivity contribution in [2.75, 3.05) is 24.1 Å². The van der Waals surface area contributed by atoms with Crippen molar-refractivity contribution < 1.29 is 4.79 Å². The third-order valence-corrected chi connectivity index (χ3v) is 1.86. The molecule has 0 fully saturated rings. The lowest BCUT2D eigenvalue weighted by Crippen LogP contribution is -2.24. The van der Waals surface area contributed by atoms with Gasteiger partial charge < -0.3 is 16.4 Å². The summed E-state index contributed by atoms with van der Waals surface area (Å²) in [6.07, 6.45) is 0. The minimum Gasteiger partial charge on any atom is -0.384 e. The van der Waals surface area contributed by atoms with E-state index in [1.165, 1.54) is 0 Å². The molecule has 1 aliphatic heterocycles. The van der Waals surface area contributed by atoms with Gasteiger partial charge in [0.1, 0.15) is 11.6 Å². The van der Waals surface area contributed by atoms with Gasteiger partial charge >= 0.3 is 0 Å². The number of nitrogens with two attached hydrogens (primary N) is 1. The van der Waals surface area contributed by atoms with Crippen LogP contribution in [0.3, 0.4) is 0 Å². The molecule has 0 unspecified atom stereocenters. The molecule has 2 heterocycles. The monoisotopic (exact) mass is 178 g/mol. The van der Waals surface area contributed by atoms with E-state index in [-0.39, 0.29) is 5.91 Å². The van der Waals surface area contributed by atoms with Gasteiger partial charge in [-0.05, 0) is 12.1 Å². The first-order chi connectivity index (χ1) is 6.27. The summed E-state index contributed by atoms with van der Waals surface area (Å²) in [5.74, 6) is 0.878. The Morgan fingerprint density at radius 1 is 1.31 bits per heavy atom. The Kier molecular flexibility index (Phi) is 1.77. The summed E-state index contributed by atoms with van der Waals surface area (Å²) in [4.78, 5) is 15.4. The highest BCUT2D eigenvalue weighted by Gasteiger charge is 2.15. The maximum atomic E-state index is 11.4. The number of nitrogens with one attached hydrogen (secondary N) is 2. The number of hydrogen-bond acceptors (Lipinski definition) is 4. The molecule has 1 aromatic rings. The van der Waals surface area contributed by atoms with Crippen LogP contribution < -0.4 is 16.4 Å². The molecular formula is C8H10N4O. The summed E-state index contributed by atoms with van der Waals surface area (Å²) in [6.45, 7) is 1.28. The maximum absolute atomic E-state index is 11.4. The van der Waals surface area contributed by atoms with Gasteiger partial charge in [0, 0.05) is 13.1 Å². The minimum absolute atomic E-state index is 0.104. The number of nitrogen functional groups attached to an aromatic ring is 1. The largest absolute Gasteiger partial charge is 0.384 e. The Morgan fingerprint density at radius 3 is 2.92 bits per heavy atom. The van der Waals surface area contributed by atoms with Gasteiger partial charge in [0.25, 0.3) is 5.91 Å². The van der Waals surface area contributed by atoms with Crippen LogP contribution >= 0.6 is 0 Å². The lowest BCUT2D eigenvalue weighted by molar-refractivity contribution is 0.0958. The first-order valence-corrected chi connectivity index (χ1v) is 4.06. The van der Waals surface area contributed by atoms with Crippen LogP contribution in [0.2, 0.25) is 0 Å². The molecule has 5 heteroatoms. The summed E-state index contributed by atoms with van der Waals surface area (Å²) >= 11 is 0. The Bertz CT molecular complexity index is 350. The normalized spacial score (nSPS) is 15.2. The van der Waals surface area contributed by atoms with E-state index in [0.717, 1.165) is 0 Å². The van der Waals surface area contributed by atoms with Crippen LogP contribution in [0.15, 0.2) is 12.1 Å². The fourth-order valence-electron chi connectivity index (χ4n) is 1.24. The zero-order chi connectivity index (χ0) is 9.26.